The van der Waals surface area contributed by atoms with Gasteiger partial charge < -0.3 is 20.8 Å². The average molecular weight is 646 g/mol. The first-order valence-corrected chi connectivity index (χ1v) is 15.0. The van der Waals surface area contributed by atoms with Gasteiger partial charge in [0, 0.05) is 16.2 Å². The van der Waals surface area contributed by atoms with Crippen LogP contribution in [0.15, 0.2) is 41.8 Å². The number of nitrogens with zero attached hydrogens (tertiary/aromatic N) is 4. The topological polar surface area (TPSA) is 157 Å². The number of carboxylic acids is 2. The van der Waals surface area contributed by atoms with Gasteiger partial charge >= 0.3 is 11.9 Å². The Kier molecular flexibility index (Phi) is 10.2. The zero-order valence-corrected chi connectivity index (χ0v) is 24.1. The molecule has 0 bridgehead atoms. The van der Waals surface area contributed by atoms with Crippen molar-refractivity contribution in [2.45, 2.75) is 11.7 Å². The summed E-state index contributed by atoms with van der Waals surface area (Å²) in [5.41, 5.74) is 1.02. The molecule has 0 radical (unpaired) electrons. The van der Waals surface area contributed by atoms with E-state index in [0.29, 0.717) is 31.9 Å². The first-order valence-electron chi connectivity index (χ1n) is 11.2. The SMILES string of the molecule is O=C(O)CC(SC1=NN(CC(=O)Nc2ccc3ncnc(Nc4cc(Cl)c(Cl)cc4F)c3c2)CSCS1)C(=O)O. The minimum atomic E-state index is -1.26. The summed E-state index contributed by atoms with van der Waals surface area (Å²) >= 11 is 15.5. The van der Waals surface area contributed by atoms with Crippen LogP contribution in [0.2, 0.25) is 10.0 Å². The molecule has 4 N–H and O–H groups in total. The van der Waals surface area contributed by atoms with E-state index in [9.17, 15) is 23.9 Å². The van der Waals surface area contributed by atoms with Crippen LogP contribution in [0, 0.1) is 5.82 Å². The smallest absolute Gasteiger partial charge is 0.317 e. The average Bonchev–Trinajstić information content (AvgIpc) is 3.11. The lowest BCUT2D eigenvalue weighted by Crippen LogP contribution is -2.30. The molecule has 1 unspecified atom stereocenters. The number of nitrogens with one attached hydrogen (secondary N) is 2. The van der Waals surface area contributed by atoms with Crippen molar-refractivity contribution >= 4 is 109 Å². The molecule has 1 aliphatic heterocycles. The number of fused-ring (bicyclic) bond motifs is 1. The number of thioether (sulfide) groups is 3. The van der Waals surface area contributed by atoms with E-state index in [-0.39, 0.29) is 28.1 Å². The largest absolute Gasteiger partial charge is 0.481 e. The molecule has 2 aromatic carbocycles. The molecule has 1 atom stereocenters. The van der Waals surface area contributed by atoms with Crippen LogP contribution in [0.5, 0.6) is 0 Å². The number of carbonyl (C=O) groups excluding carboxylic acids is 1. The van der Waals surface area contributed by atoms with Gasteiger partial charge in [-0.2, -0.15) is 5.10 Å². The van der Waals surface area contributed by atoms with Crippen LogP contribution in [-0.2, 0) is 14.4 Å². The number of hydrazone groups is 1. The number of carbonyl (C=O) groups is 3. The van der Waals surface area contributed by atoms with Gasteiger partial charge in [0.15, 0.2) is 4.38 Å². The number of rotatable bonds is 9. The Labute approximate surface area is 249 Å². The summed E-state index contributed by atoms with van der Waals surface area (Å²) in [4.78, 5) is 43.7. The lowest BCUT2D eigenvalue weighted by atomic mass is 10.2. The van der Waals surface area contributed by atoms with Crippen LogP contribution in [0.3, 0.4) is 0 Å². The second kappa shape index (κ2) is 13.6. The van der Waals surface area contributed by atoms with Gasteiger partial charge in [-0.25, -0.2) is 14.4 Å². The van der Waals surface area contributed by atoms with Crippen molar-refractivity contribution < 1.29 is 29.0 Å². The fraction of sp³-hybridized carbons (Fsp3) is 0.217. The Bertz CT molecular complexity index is 1500. The van der Waals surface area contributed by atoms with Gasteiger partial charge in [0.05, 0.1) is 33.5 Å². The van der Waals surface area contributed by atoms with E-state index in [0.717, 1.165) is 17.8 Å². The number of hydrogen-bond acceptors (Lipinski definition) is 11. The highest BCUT2D eigenvalue weighted by molar-refractivity contribution is 8.42. The number of benzene rings is 2. The monoisotopic (exact) mass is 644 g/mol. The number of amides is 1. The van der Waals surface area contributed by atoms with Gasteiger partial charge in [-0.3, -0.25) is 19.4 Å². The van der Waals surface area contributed by atoms with Gasteiger partial charge in [0.1, 0.15) is 29.8 Å². The molecule has 11 nitrogen and oxygen atoms in total. The molecule has 0 spiro atoms. The van der Waals surface area contributed by atoms with E-state index >= 15 is 0 Å². The Morgan fingerprint density at radius 3 is 2.67 bits per heavy atom. The summed E-state index contributed by atoms with van der Waals surface area (Å²) in [6.45, 7) is -0.142. The number of hydrogen-bond donors (Lipinski definition) is 4. The van der Waals surface area contributed by atoms with Crippen LogP contribution in [-0.4, -0.2) is 70.2 Å². The van der Waals surface area contributed by atoms with E-state index in [1.54, 1.807) is 18.2 Å². The fourth-order valence-electron chi connectivity index (χ4n) is 3.35. The fourth-order valence-corrected chi connectivity index (χ4v) is 7.02. The summed E-state index contributed by atoms with van der Waals surface area (Å²) in [5, 5.41) is 29.9. The van der Waals surface area contributed by atoms with Crippen LogP contribution in [0.4, 0.5) is 21.6 Å². The van der Waals surface area contributed by atoms with Gasteiger partial charge in [-0.05, 0) is 30.3 Å². The maximum absolute atomic E-state index is 14.4. The predicted octanol–water partition coefficient (Wildman–Crippen LogP) is 5.39. The summed E-state index contributed by atoms with van der Waals surface area (Å²) in [7, 11) is 0. The van der Waals surface area contributed by atoms with Crippen molar-refractivity contribution in [1.29, 1.82) is 0 Å². The molecular weight excluding hydrogens is 626 g/mol. The van der Waals surface area contributed by atoms with Gasteiger partial charge in [-0.1, -0.05) is 46.7 Å². The van der Waals surface area contributed by atoms with Crippen LogP contribution in [0.25, 0.3) is 10.9 Å². The predicted molar refractivity (Wildman–Crippen MR) is 158 cm³/mol. The third-order valence-corrected chi connectivity index (χ3v) is 9.36. The molecule has 40 heavy (non-hydrogen) atoms. The second-order valence-corrected chi connectivity index (χ2v) is 12.6. The van der Waals surface area contributed by atoms with Gasteiger partial charge in [0.2, 0.25) is 5.91 Å². The zero-order valence-electron chi connectivity index (χ0n) is 20.1. The van der Waals surface area contributed by atoms with Crippen LogP contribution < -0.4 is 10.6 Å². The molecule has 0 saturated carbocycles. The van der Waals surface area contributed by atoms with Crippen molar-refractivity contribution in [3.05, 3.63) is 52.5 Å². The minimum Gasteiger partial charge on any atom is -0.481 e. The Balaban J connectivity index is 1.48. The number of aromatic nitrogens is 2. The minimum absolute atomic E-state index is 0.0559. The summed E-state index contributed by atoms with van der Waals surface area (Å²) in [6.07, 6.45) is 0.750. The first-order chi connectivity index (χ1) is 19.1. The quantitative estimate of drug-likeness (QED) is 0.221. The van der Waals surface area contributed by atoms with Gasteiger partial charge in [0.25, 0.3) is 0 Å². The molecule has 0 fully saturated rings. The molecule has 0 saturated heterocycles. The van der Waals surface area contributed by atoms with E-state index in [2.05, 4.69) is 25.7 Å². The number of aliphatic carboxylic acids is 2. The second-order valence-electron chi connectivity index (χ2n) is 8.04. The Morgan fingerprint density at radius 2 is 1.93 bits per heavy atom. The molecule has 3 aromatic rings. The highest BCUT2D eigenvalue weighted by Gasteiger charge is 2.26. The molecule has 17 heteroatoms. The molecule has 1 aromatic heterocycles. The maximum atomic E-state index is 14.4. The third-order valence-electron chi connectivity index (χ3n) is 5.12. The van der Waals surface area contributed by atoms with Crippen LogP contribution in [0.1, 0.15) is 6.42 Å². The van der Waals surface area contributed by atoms with E-state index in [4.69, 9.17) is 28.3 Å². The van der Waals surface area contributed by atoms with Crippen molar-refractivity contribution in [2.75, 3.05) is 28.1 Å². The van der Waals surface area contributed by atoms with E-state index in [1.807, 2.05) is 0 Å². The summed E-state index contributed by atoms with van der Waals surface area (Å²) in [6, 6.07) is 7.37. The highest BCUT2D eigenvalue weighted by Crippen LogP contribution is 2.33. The normalized spacial score (nSPS) is 14.3. The molecule has 2 heterocycles. The molecular formula is C23H19Cl2FN6O5S3. The maximum Gasteiger partial charge on any atom is 0.317 e. The van der Waals surface area contributed by atoms with E-state index < -0.39 is 35.3 Å². The molecule has 0 aliphatic carbocycles. The first kappa shape index (κ1) is 30.0. The van der Waals surface area contributed by atoms with Crippen molar-refractivity contribution in [3.63, 3.8) is 0 Å². The number of halogens is 3. The van der Waals surface area contributed by atoms with Gasteiger partial charge in [-0.15, -0.1) is 11.8 Å². The zero-order chi connectivity index (χ0) is 28.8. The standard InChI is InChI=1S/C23H19Cl2FN6O5S3/c24-13-4-15(26)17(5-14(13)25)30-21-12-3-11(1-2-16(12)27-8-28-21)29-19(33)7-32-9-38-10-39-23(31-32)40-18(22(36)37)6-20(34)35/h1-5,8,18H,6-7,9-10H2,(H,29,33)(H,34,35)(H,36,37)(H,27,28,30). The molecule has 4 rings (SSSR count). The Morgan fingerprint density at radius 1 is 1.15 bits per heavy atom. The number of anilines is 3. The third kappa shape index (κ3) is 8.04. The molecule has 1 aliphatic rings. The summed E-state index contributed by atoms with van der Waals surface area (Å²) in [5.74, 6) is -2.87. The molecule has 1 amide bonds. The van der Waals surface area contributed by atoms with Crippen molar-refractivity contribution in [1.82, 2.24) is 15.0 Å². The van der Waals surface area contributed by atoms with Crippen molar-refractivity contribution in [2.24, 2.45) is 5.10 Å². The molecule has 210 valence electrons. The highest BCUT2D eigenvalue weighted by atomic mass is 35.5. The van der Waals surface area contributed by atoms with E-state index in [1.165, 1.54) is 40.9 Å². The lowest BCUT2D eigenvalue weighted by molar-refractivity contribution is -0.142. The van der Waals surface area contributed by atoms with Crippen molar-refractivity contribution in [3.8, 4) is 0 Å². The number of carboxylic acid groups (broad SMARTS) is 2. The summed E-state index contributed by atoms with van der Waals surface area (Å²) < 4.78 is 14.8. The van der Waals surface area contributed by atoms with Crippen LogP contribution >= 0.6 is 58.5 Å². The lowest BCUT2D eigenvalue weighted by Gasteiger charge is -2.18. The Hall–Kier alpha value is -2.98.